The largest absolute Gasteiger partial charge is 0.436 e. The third kappa shape index (κ3) is 2.18. The van der Waals surface area contributed by atoms with Crippen LogP contribution in [0.4, 0.5) is 22.0 Å². The molecule has 0 aliphatic rings. The third-order valence-electron chi connectivity index (χ3n) is 0.593. The molecule has 0 bridgehead atoms. The van der Waals surface area contributed by atoms with E-state index >= 15 is 0 Å². The van der Waals surface area contributed by atoms with Gasteiger partial charge in [0.25, 0.3) is 5.08 Å². The minimum Gasteiger partial charge on any atom is -0.222 e. The van der Waals surface area contributed by atoms with Gasteiger partial charge < -0.3 is 0 Å². The van der Waals surface area contributed by atoms with Crippen LogP contribution in [0.2, 0.25) is 0 Å². The fourth-order valence-corrected chi connectivity index (χ4v) is 0.332. The first-order chi connectivity index (χ1) is 4.19. The minimum atomic E-state index is -5.22. The Balaban J connectivity index is 4.40. The van der Waals surface area contributed by atoms with Gasteiger partial charge in [-0.15, -0.1) is 0 Å². The molecule has 0 fully saturated rings. The molecule has 0 aromatic heterocycles. The predicted octanol–water partition coefficient (Wildman–Crippen LogP) is 3.50. The Morgan fingerprint density at radius 1 is 1.20 bits per heavy atom. The number of hydrogen-bond acceptors (Lipinski definition) is 0. The molecule has 10 heavy (non-hydrogen) atoms. The van der Waals surface area contributed by atoms with Crippen molar-refractivity contribution < 1.29 is 22.0 Å². The van der Waals surface area contributed by atoms with E-state index in [2.05, 4.69) is 0 Å². The van der Waals surface area contributed by atoms with Crippen LogP contribution in [0.25, 0.3) is 0 Å². The van der Waals surface area contributed by atoms with E-state index in [4.69, 9.17) is 0 Å². The van der Waals surface area contributed by atoms with Crippen molar-refractivity contribution in [2.75, 3.05) is 0 Å². The number of alkyl halides is 5. The minimum absolute atomic E-state index is 0.322. The summed E-state index contributed by atoms with van der Waals surface area (Å²) in [5, 5.41) is -1.98. The molecule has 0 N–H and O–H groups in total. The SMILES string of the molecule is F[C](Br)C(F)(I)C(F)(F)F. The zero-order chi connectivity index (χ0) is 8.58. The van der Waals surface area contributed by atoms with Crippen LogP contribution in [-0.4, -0.2) is 9.85 Å². The fraction of sp³-hybridized carbons (Fsp3) is 0.667. The molecule has 0 spiro atoms. The summed E-state index contributed by atoms with van der Waals surface area (Å²) in [6.45, 7) is 0. The van der Waals surface area contributed by atoms with Crippen molar-refractivity contribution in [3.63, 3.8) is 0 Å². The van der Waals surface area contributed by atoms with E-state index in [0.717, 1.165) is 0 Å². The van der Waals surface area contributed by atoms with Gasteiger partial charge in [0, 0.05) is 0 Å². The van der Waals surface area contributed by atoms with E-state index in [0.29, 0.717) is 22.6 Å². The molecule has 0 aliphatic carbocycles. The number of hydrogen-bond donors (Lipinski definition) is 0. The average Bonchev–Trinajstić information content (AvgIpc) is 1.62. The van der Waals surface area contributed by atoms with Gasteiger partial charge in [-0.3, -0.25) is 0 Å². The van der Waals surface area contributed by atoms with Crippen molar-refractivity contribution >= 4 is 38.5 Å². The Morgan fingerprint density at radius 2 is 1.50 bits per heavy atom. The Kier molecular flexibility index (Phi) is 3.34. The van der Waals surface area contributed by atoms with Crippen molar-refractivity contribution in [2.24, 2.45) is 0 Å². The molecule has 0 rings (SSSR count). The summed E-state index contributed by atoms with van der Waals surface area (Å²) >= 11 is 2.10. The quantitative estimate of drug-likeness (QED) is 0.390. The highest BCUT2D eigenvalue weighted by Crippen LogP contribution is 2.49. The van der Waals surface area contributed by atoms with E-state index in [-0.39, 0.29) is 0 Å². The summed E-state index contributed by atoms with van der Waals surface area (Å²) in [7, 11) is 0. The van der Waals surface area contributed by atoms with Crippen molar-refractivity contribution in [1.29, 1.82) is 0 Å². The van der Waals surface area contributed by atoms with Crippen LogP contribution in [0.3, 0.4) is 0 Å². The molecule has 0 aliphatic heterocycles. The van der Waals surface area contributed by atoms with Crippen molar-refractivity contribution in [2.45, 2.75) is 9.85 Å². The van der Waals surface area contributed by atoms with E-state index in [9.17, 15) is 22.0 Å². The van der Waals surface area contributed by atoms with E-state index < -0.39 is 14.9 Å². The second-order valence-corrected chi connectivity index (χ2v) is 3.52. The number of halogens is 7. The van der Waals surface area contributed by atoms with E-state index in [1.54, 1.807) is 15.9 Å². The molecule has 0 nitrogen and oxygen atoms in total. The van der Waals surface area contributed by atoms with Gasteiger partial charge in [-0.2, -0.15) is 13.2 Å². The molecule has 0 aromatic carbocycles. The zero-order valence-electron chi connectivity index (χ0n) is 4.15. The second kappa shape index (κ2) is 3.08. The maximum atomic E-state index is 12.1. The lowest BCUT2D eigenvalue weighted by atomic mass is 10.4. The van der Waals surface area contributed by atoms with Crippen molar-refractivity contribution in [3.8, 4) is 0 Å². The molecule has 61 valence electrons. The average molecular weight is 338 g/mol. The Labute approximate surface area is 75.4 Å². The van der Waals surface area contributed by atoms with Crippen LogP contribution >= 0.6 is 38.5 Å². The Hall–Kier alpha value is 0.860. The monoisotopic (exact) mass is 337 g/mol. The Morgan fingerprint density at radius 3 is 1.50 bits per heavy atom. The molecule has 0 saturated carbocycles. The molecule has 7 heteroatoms. The molecule has 0 saturated heterocycles. The fourth-order valence-electron chi connectivity index (χ4n) is 0.107. The molecule has 1 radical (unpaired) electrons. The highest BCUT2D eigenvalue weighted by Gasteiger charge is 2.60. The van der Waals surface area contributed by atoms with Crippen LogP contribution < -0.4 is 0 Å². The molecule has 0 aromatic rings. The first kappa shape index (κ1) is 10.9. The van der Waals surface area contributed by atoms with Gasteiger partial charge in [0.15, 0.2) is 0 Å². The zero-order valence-corrected chi connectivity index (χ0v) is 7.89. The lowest BCUT2D eigenvalue weighted by Gasteiger charge is -2.20. The third-order valence-corrected chi connectivity index (χ3v) is 2.97. The van der Waals surface area contributed by atoms with Crippen molar-refractivity contribution in [3.05, 3.63) is 5.08 Å². The first-order valence-corrected chi connectivity index (χ1v) is 3.69. The molecule has 0 amide bonds. The maximum absolute atomic E-state index is 12.1. The summed E-state index contributed by atoms with van der Waals surface area (Å²) in [5.41, 5.74) is 0. The summed E-state index contributed by atoms with van der Waals surface area (Å²) in [6.07, 6.45) is -5.22. The van der Waals surface area contributed by atoms with Crippen molar-refractivity contribution in [1.82, 2.24) is 0 Å². The summed E-state index contributed by atoms with van der Waals surface area (Å²) < 4.78 is 54.1. The second-order valence-electron chi connectivity index (χ2n) is 1.33. The predicted molar refractivity (Wildman–Crippen MR) is 37.2 cm³/mol. The first-order valence-electron chi connectivity index (χ1n) is 1.82. The standard InChI is InChI=1S/C3BrF5I/c4-1(5)2(6,10)3(7,8)9. The topological polar surface area (TPSA) is 0 Å². The normalized spacial score (nSPS) is 19.2. The van der Waals surface area contributed by atoms with Crippen LogP contribution in [0.15, 0.2) is 0 Å². The molecule has 1 atom stereocenters. The maximum Gasteiger partial charge on any atom is 0.436 e. The van der Waals surface area contributed by atoms with Gasteiger partial charge in [-0.05, 0) is 38.5 Å². The molecular formula is C3BrF5I. The Bertz CT molecular complexity index is 119. The van der Waals surface area contributed by atoms with Crippen LogP contribution in [-0.2, 0) is 0 Å². The summed E-state index contributed by atoms with van der Waals surface area (Å²) in [4.78, 5) is 0. The van der Waals surface area contributed by atoms with Crippen LogP contribution in [0.1, 0.15) is 0 Å². The molecule has 1 unspecified atom stereocenters. The van der Waals surface area contributed by atoms with Gasteiger partial charge >= 0.3 is 9.85 Å². The van der Waals surface area contributed by atoms with E-state index in [1.165, 1.54) is 0 Å². The van der Waals surface area contributed by atoms with Gasteiger partial charge in [0.05, 0.1) is 0 Å². The highest BCUT2D eigenvalue weighted by molar-refractivity contribution is 14.1. The van der Waals surface area contributed by atoms with Crippen LogP contribution in [0.5, 0.6) is 0 Å². The van der Waals surface area contributed by atoms with Crippen LogP contribution in [0, 0.1) is 5.08 Å². The lowest BCUT2D eigenvalue weighted by molar-refractivity contribution is -0.183. The molecular weight excluding hydrogens is 338 g/mol. The summed E-state index contributed by atoms with van der Waals surface area (Å²) in [6, 6.07) is 0. The highest BCUT2D eigenvalue weighted by atomic mass is 127. The summed E-state index contributed by atoms with van der Waals surface area (Å²) in [5.74, 6) is 0. The lowest BCUT2D eigenvalue weighted by Crippen LogP contribution is -2.36. The smallest absolute Gasteiger partial charge is 0.222 e. The molecule has 0 heterocycles. The van der Waals surface area contributed by atoms with Gasteiger partial charge in [-0.25, -0.2) is 8.78 Å². The number of rotatable bonds is 1. The van der Waals surface area contributed by atoms with Gasteiger partial charge in [0.2, 0.25) is 0 Å². The van der Waals surface area contributed by atoms with Gasteiger partial charge in [-0.1, -0.05) is 0 Å². The van der Waals surface area contributed by atoms with Gasteiger partial charge in [0.1, 0.15) is 0 Å². The van der Waals surface area contributed by atoms with E-state index in [1.807, 2.05) is 0 Å².